The van der Waals surface area contributed by atoms with Crippen molar-refractivity contribution in [2.24, 2.45) is 0 Å². The number of ether oxygens (including phenoxy) is 1. The maximum atomic E-state index is 12.6. The molecule has 7 heteroatoms. The summed E-state index contributed by atoms with van der Waals surface area (Å²) in [7, 11) is 1.65. The topological polar surface area (TPSA) is 82.3 Å². The minimum Gasteiger partial charge on any atom is -0.497 e. The Morgan fingerprint density at radius 2 is 1.93 bits per heavy atom. The molecule has 1 fully saturated rings. The Hall–Kier alpha value is -3.06. The van der Waals surface area contributed by atoms with E-state index in [0.717, 1.165) is 47.8 Å². The molecule has 1 saturated heterocycles. The van der Waals surface area contributed by atoms with Gasteiger partial charge < -0.3 is 25.3 Å². The summed E-state index contributed by atoms with van der Waals surface area (Å²) in [5.41, 5.74) is 2.95. The second-order valence-electron chi connectivity index (χ2n) is 7.69. The monoisotopic (exact) mass is 407 g/mol. The first-order valence-corrected chi connectivity index (χ1v) is 10.6. The minimum absolute atomic E-state index is 0.173. The molecule has 0 radical (unpaired) electrons. The number of urea groups is 1. The van der Waals surface area contributed by atoms with Gasteiger partial charge in [0.05, 0.1) is 24.2 Å². The van der Waals surface area contributed by atoms with E-state index in [-0.39, 0.29) is 12.1 Å². The van der Waals surface area contributed by atoms with Crippen molar-refractivity contribution in [3.63, 3.8) is 0 Å². The highest BCUT2D eigenvalue weighted by molar-refractivity contribution is 5.76. The van der Waals surface area contributed by atoms with Crippen molar-refractivity contribution < 1.29 is 9.53 Å². The zero-order chi connectivity index (χ0) is 20.8. The van der Waals surface area contributed by atoms with Gasteiger partial charge in [0.15, 0.2) is 0 Å². The molecule has 0 bridgehead atoms. The Bertz CT molecular complexity index is 930. The van der Waals surface area contributed by atoms with Crippen LogP contribution in [0.25, 0.3) is 11.0 Å². The van der Waals surface area contributed by atoms with E-state index in [2.05, 4.69) is 20.5 Å². The fraction of sp³-hybridized carbons (Fsp3) is 0.391. The van der Waals surface area contributed by atoms with Crippen molar-refractivity contribution in [3.8, 4) is 5.75 Å². The number of carbonyl (C=O) groups excluding carboxylic acids is 1. The Kier molecular flexibility index (Phi) is 6.49. The number of hydrogen-bond acceptors (Lipinski definition) is 4. The van der Waals surface area contributed by atoms with Gasteiger partial charge in [-0.05, 0) is 62.2 Å². The van der Waals surface area contributed by atoms with E-state index in [1.165, 1.54) is 12.8 Å². The average molecular weight is 408 g/mol. The number of amides is 2. The third kappa shape index (κ3) is 5.10. The van der Waals surface area contributed by atoms with Crippen LogP contribution >= 0.6 is 0 Å². The Morgan fingerprint density at radius 3 is 2.67 bits per heavy atom. The van der Waals surface area contributed by atoms with Gasteiger partial charge in [0.1, 0.15) is 11.6 Å². The van der Waals surface area contributed by atoms with Gasteiger partial charge in [-0.25, -0.2) is 9.78 Å². The fourth-order valence-corrected chi connectivity index (χ4v) is 3.89. The van der Waals surface area contributed by atoms with Crippen LogP contribution in [0.1, 0.15) is 30.3 Å². The lowest BCUT2D eigenvalue weighted by molar-refractivity contribution is 0.234. The molecule has 3 N–H and O–H groups in total. The smallest absolute Gasteiger partial charge is 0.315 e. The molecule has 1 aromatic heterocycles. The number of para-hydroxylation sites is 2. The lowest BCUT2D eigenvalue weighted by Gasteiger charge is -2.19. The molecule has 1 unspecified atom stereocenters. The number of likely N-dealkylation sites (tertiary alicyclic amines) is 1. The summed E-state index contributed by atoms with van der Waals surface area (Å²) in [6, 6.07) is 15.4. The van der Waals surface area contributed by atoms with Gasteiger partial charge in [-0.3, -0.25) is 0 Å². The summed E-state index contributed by atoms with van der Waals surface area (Å²) in [5, 5.41) is 6.10. The quantitative estimate of drug-likeness (QED) is 0.535. The van der Waals surface area contributed by atoms with Crippen LogP contribution in [0.2, 0.25) is 0 Å². The van der Waals surface area contributed by atoms with Crippen LogP contribution in [0.4, 0.5) is 4.79 Å². The SMILES string of the molecule is COc1ccc(CC(NC(=O)NCCN2CCCC2)c2nc3ccccc3[nH]2)cc1. The summed E-state index contributed by atoms with van der Waals surface area (Å²) < 4.78 is 5.25. The van der Waals surface area contributed by atoms with Gasteiger partial charge >= 0.3 is 6.03 Å². The number of H-pyrrole nitrogens is 1. The van der Waals surface area contributed by atoms with Crippen LogP contribution in [0, 0.1) is 0 Å². The number of rotatable bonds is 8. The van der Waals surface area contributed by atoms with E-state index in [0.29, 0.717) is 13.0 Å². The van der Waals surface area contributed by atoms with Gasteiger partial charge in [-0.15, -0.1) is 0 Å². The molecular weight excluding hydrogens is 378 g/mol. The van der Waals surface area contributed by atoms with Crippen molar-refractivity contribution in [2.75, 3.05) is 33.3 Å². The van der Waals surface area contributed by atoms with Gasteiger partial charge in [-0.2, -0.15) is 0 Å². The second kappa shape index (κ2) is 9.63. The molecule has 1 aliphatic heterocycles. The summed E-state index contributed by atoms with van der Waals surface area (Å²) in [4.78, 5) is 23.1. The molecule has 158 valence electrons. The van der Waals surface area contributed by atoms with Crippen molar-refractivity contribution >= 4 is 17.1 Å². The number of methoxy groups -OCH3 is 1. The van der Waals surface area contributed by atoms with Gasteiger partial charge in [-0.1, -0.05) is 24.3 Å². The van der Waals surface area contributed by atoms with Crippen LogP contribution < -0.4 is 15.4 Å². The maximum absolute atomic E-state index is 12.6. The number of imidazole rings is 1. The summed E-state index contributed by atoms with van der Waals surface area (Å²) >= 11 is 0. The van der Waals surface area contributed by atoms with Crippen LogP contribution in [0.5, 0.6) is 5.75 Å². The number of carbonyl (C=O) groups is 1. The van der Waals surface area contributed by atoms with E-state index in [1.807, 2.05) is 48.5 Å². The Morgan fingerprint density at radius 1 is 1.17 bits per heavy atom. The minimum atomic E-state index is -0.266. The second-order valence-corrected chi connectivity index (χ2v) is 7.69. The molecule has 3 aromatic rings. The fourth-order valence-electron chi connectivity index (χ4n) is 3.89. The molecule has 2 heterocycles. The molecule has 2 aromatic carbocycles. The van der Waals surface area contributed by atoms with E-state index in [9.17, 15) is 4.79 Å². The Balaban J connectivity index is 1.45. The molecule has 0 spiro atoms. The van der Waals surface area contributed by atoms with Crippen LogP contribution in [-0.2, 0) is 6.42 Å². The summed E-state index contributed by atoms with van der Waals surface area (Å²) in [6.07, 6.45) is 3.13. The molecular formula is C23H29N5O2. The number of nitrogens with one attached hydrogen (secondary N) is 3. The lowest BCUT2D eigenvalue weighted by Crippen LogP contribution is -2.42. The van der Waals surface area contributed by atoms with Crippen molar-refractivity contribution in [1.82, 2.24) is 25.5 Å². The highest BCUT2D eigenvalue weighted by atomic mass is 16.5. The van der Waals surface area contributed by atoms with Crippen LogP contribution in [0.15, 0.2) is 48.5 Å². The first kappa shape index (κ1) is 20.2. The zero-order valence-electron chi connectivity index (χ0n) is 17.4. The zero-order valence-corrected chi connectivity index (χ0v) is 17.4. The van der Waals surface area contributed by atoms with Gasteiger partial charge in [0.25, 0.3) is 0 Å². The number of fused-ring (bicyclic) bond motifs is 1. The molecule has 0 saturated carbocycles. The third-order valence-corrected chi connectivity index (χ3v) is 5.55. The van der Waals surface area contributed by atoms with E-state index in [4.69, 9.17) is 9.72 Å². The Labute approximate surface area is 176 Å². The molecule has 1 aliphatic rings. The number of nitrogens with zero attached hydrogens (tertiary/aromatic N) is 2. The summed E-state index contributed by atoms with van der Waals surface area (Å²) in [5.74, 6) is 1.56. The molecule has 7 nitrogen and oxygen atoms in total. The first-order valence-electron chi connectivity index (χ1n) is 10.6. The van der Waals surface area contributed by atoms with Crippen LogP contribution in [0.3, 0.4) is 0 Å². The number of hydrogen-bond donors (Lipinski definition) is 3. The normalized spacial score (nSPS) is 15.2. The van der Waals surface area contributed by atoms with E-state index < -0.39 is 0 Å². The highest BCUT2D eigenvalue weighted by Crippen LogP contribution is 2.21. The van der Waals surface area contributed by atoms with Crippen LogP contribution in [-0.4, -0.2) is 54.2 Å². The molecule has 30 heavy (non-hydrogen) atoms. The molecule has 1 atom stereocenters. The highest BCUT2D eigenvalue weighted by Gasteiger charge is 2.19. The summed E-state index contributed by atoms with van der Waals surface area (Å²) in [6.45, 7) is 3.78. The van der Waals surface area contributed by atoms with Crippen molar-refractivity contribution in [2.45, 2.75) is 25.3 Å². The molecule has 4 rings (SSSR count). The third-order valence-electron chi connectivity index (χ3n) is 5.55. The number of benzene rings is 2. The maximum Gasteiger partial charge on any atom is 0.315 e. The predicted octanol–water partition coefficient (Wildman–Crippen LogP) is 3.25. The van der Waals surface area contributed by atoms with Gasteiger partial charge in [0, 0.05) is 13.1 Å². The molecule has 0 aliphatic carbocycles. The van der Waals surface area contributed by atoms with E-state index >= 15 is 0 Å². The van der Waals surface area contributed by atoms with Crippen molar-refractivity contribution in [3.05, 3.63) is 59.9 Å². The lowest BCUT2D eigenvalue weighted by atomic mass is 10.1. The number of aromatic nitrogens is 2. The van der Waals surface area contributed by atoms with Crippen molar-refractivity contribution in [1.29, 1.82) is 0 Å². The predicted molar refractivity (Wildman–Crippen MR) is 118 cm³/mol. The average Bonchev–Trinajstić information content (AvgIpc) is 3.43. The standard InChI is InChI=1S/C23H29N5O2/c1-30-18-10-8-17(9-11-18)16-21(22-25-19-6-2-3-7-20(19)26-22)27-23(29)24-12-15-28-13-4-5-14-28/h2-3,6-11,21H,4-5,12-16H2,1H3,(H,25,26)(H2,24,27,29). The van der Waals surface area contributed by atoms with Gasteiger partial charge in [0.2, 0.25) is 0 Å². The largest absolute Gasteiger partial charge is 0.497 e. The molecule has 2 amide bonds. The first-order chi connectivity index (χ1) is 14.7. The van der Waals surface area contributed by atoms with E-state index in [1.54, 1.807) is 7.11 Å². The number of aromatic amines is 1.